The van der Waals surface area contributed by atoms with E-state index in [1.807, 2.05) is 11.5 Å². The molecule has 1 aromatic carbocycles. The van der Waals surface area contributed by atoms with Crippen LogP contribution in [0.4, 0.5) is 0 Å². The number of benzene rings is 1. The summed E-state index contributed by atoms with van der Waals surface area (Å²) >= 11 is 0. The fraction of sp³-hybridized carbons (Fsp3) is 0.467. The van der Waals surface area contributed by atoms with E-state index in [4.69, 9.17) is 0 Å². The number of fused-ring (bicyclic) bond motifs is 1. The number of imidazole rings is 1. The molecule has 0 aliphatic heterocycles. The molecule has 4 heteroatoms. The Balaban J connectivity index is 2.28. The minimum absolute atomic E-state index is 0.440. The molecule has 1 heterocycles. The molecule has 1 aliphatic rings. The maximum atomic E-state index is 11.3. The Morgan fingerprint density at radius 1 is 1.37 bits per heavy atom. The predicted octanol–water partition coefficient (Wildman–Crippen LogP) is 3.18. The molecule has 0 saturated heterocycles. The van der Waals surface area contributed by atoms with Gasteiger partial charge in [0, 0.05) is 5.92 Å². The number of nitrogens with zero attached hydrogens (tertiary/aromatic N) is 2. The number of aromatic nitrogens is 2. The molecular formula is C15H18N2O2. The summed E-state index contributed by atoms with van der Waals surface area (Å²) in [6, 6.07) is 3.55. The number of carboxylic acids is 1. The lowest BCUT2D eigenvalue weighted by molar-refractivity contribution is -0.140. The second-order valence-corrected chi connectivity index (χ2v) is 5.55. The van der Waals surface area contributed by atoms with Crippen molar-refractivity contribution in [2.24, 2.45) is 0 Å². The molecule has 0 radical (unpaired) electrons. The van der Waals surface area contributed by atoms with Gasteiger partial charge in [-0.15, -0.1) is 0 Å². The van der Waals surface area contributed by atoms with Gasteiger partial charge in [-0.25, -0.2) is 9.78 Å². The van der Waals surface area contributed by atoms with Crippen LogP contribution in [0, 0.1) is 13.8 Å². The third-order valence-corrected chi connectivity index (χ3v) is 4.02. The molecule has 100 valence electrons. The minimum Gasteiger partial charge on any atom is -0.480 e. The van der Waals surface area contributed by atoms with Crippen LogP contribution in [0.2, 0.25) is 0 Å². The van der Waals surface area contributed by atoms with Crippen molar-refractivity contribution in [2.45, 2.75) is 45.6 Å². The molecule has 19 heavy (non-hydrogen) atoms. The van der Waals surface area contributed by atoms with Crippen LogP contribution < -0.4 is 0 Å². The van der Waals surface area contributed by atoms with Crippen LogP contribution in [-0.4, -0.2) is 20.6 Å². The Bertz CT molecular complexity index is 668. The van der Waals surface area contributed by atoms with Crippen LogP contribution in [0.3, 0.4) is 0 Å². The van der Waals surface area contributed by atoms with Gasteiger partial charge in [-0.1, -0.05) is 0 Å². The highest BCUT2D eigenvalue weighted by Gasteiger charge is 2.32. The largest absolute Gasteiger partial charge is 0.480 e. The molecule has 1 saturated carbocycles. The van der Waals surface area contributed by atoms with Crippen molar-refractivity contribution in [1.82, 2.24) is 9.55 Å². The summed E-state index contributed by atoms with van der Waals surface area (Å²) in [5.41, 5.74) is 4.23. The third-order valence-electron chi connectivity index (χ3n) is 4.02. The number of hydrogen-bond acceptors (Lipinski definition) is 2. The SMILES string of the molecule is Cc1cc2nc(C3CC3)n(C(C)C(=O)O)c2cc1C. The Morgan fingerprint density at radius 3 is 2.58 bits per heavy atom. The molecule has 1 aromatic heterocycles. The normalized spacial score (nSPS) is 16.8. The van der Waals surface area contributed by atoms with Crippen LogP contribution in [0.1, 0.15) is 48.7 Å². The molecule has 0 spiro atoms. The molecule has 0 bridgehead atoms. The highest BCUT2D eigenvalue weighted by molar-refractivity contribution is 5.81. The van der Waals surface area contributed by atoms with Crippen molar-refractivity contribution in [2.75, 3.05) is 0 Å². The first-order valence-corrected chi connectivity index (χ1v) is 6.71. The fourth-order valence-electron chi connectivity index (χ4n) is 2.52. The number of carbonyl (C=O) groups is 1. The summed E-state index contributed by atoms with van der Waals surface area (Å²) in [6.45, 7) is 5.84. The summed E-state index contributed by atoms with van der Waals surface area (Å²) in [6.07, 6.45) is 2.24. The Kier molecular flexibility index (Phi) is 2.62. The predicted molar refractivity (Wildman–Crippen MR) is 73.5 cm³/mol. The lowest BCUT2D eigenvalue weighted by Gasteiger charge is -2.13. The topological polar surface area (TPSA) is 55.1 Å². The van der Waals surface area contributed by atoms with E-state index in [9.17, 15) is 9.90 Å². The highest BCUT2D eigenvalue weighted by Crippen LogP contribution is 2.42. The molecule has 2 aromatic rings. The first-order chi connectivity index (χ1) is 8.99. The van der Waals surface area contributed by atoms with Crippen molar-refractivity contribution >= 4 is 17.0 Å². The van der Waals surface area contributed by atoms with Gasteiger partial charge in [0.1, 0.15) is 11.9 Å². The third kappa shape index (κ3) is 1.91. The van der Waals surface area contributed by atoms with E-state index >= 15 is 0 Å². The number of hydrogen-bond donors (Lipinski definition) is 1. The van der Waals surface area contributed by atoms with E-state index in [1.54, 1.807) is 6.92 Å². The number of rotatable bonds is 3. The average Bonchev–Trinajstić information content (AvgIpc) is 3.13. The zero-order valence-electron chi connectivity index (χ0n) is 11.5. The van der Waals surface area contributed by atoms with Crippen molar-refractivity contribution < 1.29 is 9.90 Å². The van der Waals surface area contributed by atoms with Gasteiger partial charge in [0.05, 0.1) is 11.0 Å². The van der Waals surface area contributed by atoms with E-state index in [0.717, 1.165) is 29.7 Å². The van der Waals surface area contributed by atoms with Gasteiger partial charge in [-0.2, -0.15) is 0 Å². The smallest absolute Gasteiger partial charge is 0.326 e. The monoisotopic (exact) mass is 258 g/mol. The van der Waals surface area contributed by atoms with Crippen molar-refractivity contribution in [3.05, 3.63) is 29.1 Å². The van der Waals surface area contributed by atoms with E-state index in [1.165, 1.54) is 11.1 Å². The van der Waals surface area contributed by atoms with Gasteiger partial charge in [0.2, 0.25) is 0 Å². The van der Waals surface area contributed by atoms with Gasteiger partial charge in [0.15, 0.2) is 0 Å². The highest BCUT2D eigenvalue weighted by atomic mass is 16.4. The standard InChI is InChI=1S/C15H18N2O2/c1-8-6-12-13(7-9(8)2)17(10(3)15(18)19)14(16-12)11-4-5-11/h6-7,10-11H,4-5H2,1-3H3,(H,18,19). The van der Waals surface area contributed by atoms with Gasteiger partial charge in [0.25, 0.3) is 0 Å². The maximum absolute atomic E-state index is 11.3. The van der Waals surface area contributed by atoms with E-state index in [0.29, 0.717) is 5.92 Å². The van der Waals surface area contributed by atoms with Crippen LogP contribution >= 0.6 is 0 Å². The van der Waals surface area contributed by atoms with Gasteiger partial charge >= 0.3 is 5.97 Å². The summed E-state index contributed by atoms with van der Waals surface area (Å²) in [7, 11) is 0. The minimum atomic E-state index is -0.806. The van der Waals surface area contributed by atoms with Crippen LogP contribution in [0.15, 0.2) is 12.1 Å². The second-order valence-electron chi connectivity index (χ2n) is 5.55. The number of carboxylic acid groups (broad SMARTS) is 1. The average molecular weight is 258 g/mol. The quantitative estimate of drug-likeness (QED) is 0.920. The molecule has 1 fully saturated rings. The van der Waals surface area contributed by atoms with Crippen LogP contribution in [0.25, 0.3) is 11.0 Å². The summed E-state index contributed by atoms with van der Waals surface area (Å²) in [4.78, 5) is 16.0. The van der Waals surface area contributed by atoms with Gasteiger partial charge < -0.3 is 9.67 Å². The molecule has 1 atom stereocenters. The van der Waals surface area contributed by atoms with Crippen LogP contribution in [0.5, 0.6) is 0 Å². The fourth-order valence-corrected chi connectivity index (χ4v) is 2.52. The molecular weight excluding hydrogens is 240 g/mol. The Hall–Kier alpha value is -1.84. The number of aliphatic carboxylic acids is 1. The van der Waals surface area contributed by atoms with Crippen molar-refractivity contribution in [1.29, 1.82) is 0 Å². The molecule has 1 N–H and O–H groups in total. The van der Waals surface area contributed by atoms with Crippen molar-refractivity contribution in [3.8, 4) is 0 Å². The summed E-state index contributed by atoms with van der Waals surface area (Å²) in [5, 5.41) is 9.32. The van der Waals surface area contributed by atoms with Gasteiger partial charge in [-0.05, 0) is 56.9 Å². The molecule has 1 unspecified atom stereocenters. The van der Waals surface area contributed by atoms with Gasteiger partial charge in [-0.3, -0.25) is 0 Å². The second kappa shape index (κ2) is 4.08. The van der Waals surface area contributed by atoms with E-state index in [2.05, 4.69) is 24.0 Å². The maximum Gasteiger partial charge on any atom is 0.326 e. The van der Waals surface area contributed by atoms with E-state index < -0.39 is 12.0 Å². The molecule has 4 nitrogen and oxygen atoms in total. The Morgan fingerprint density at radius 2 is 2.00 bits per heavy atom. The number of aryl methyl sites for hydroxylation is 2. The first-order valence-electron chi connectivity index (χ1n) is 6.71. The zero-order valence-corrected chi connectivity index (χ0v) is 11.5. The zero-order chi connectivity index (χ0) is 13.7. The molecule has 0 amide bonds. The Labute approximate surface area is 112 Å². The van der Waals surface area contributed by atoms with E-state index in [-0.39, 0.29) is 0 Å². The van der Waals surface area contributed by atoms with Crippen LogP contribution in [-0.2, 0) is 4.79 Å². The van der Waals surface area contributed by atoms with Crippen molar-refractivity contribution in [3.63, 3.8) is 0 Å². The summed E-state index contributed by atoms with van der Waals surface area (Å²) < 4.78 is 1.90. The molecule has 3 rings (SSSR count). The molecule has 1 aliphatic carbocycles. The first kappa shape index (κ1) is 12.2. The lowest BCUT2D eigenvalue weighted by Crippen LogP contribution is -2.17. The lowest BCUT2D eigenvalue weighted by atomic mass is 10.1. The summed E-state index contributed by atoms with van der Waals surface area (Å²) in [5.74, 6) is 0.573.